The molecule has 0 aliphatic heterocycles. The average Bonchev–Trinajstić information content (AvgIpc) is 2.30. The standard InChI is InChI=1S/C14H30N4O2S/c1-4-16-13(17-8-9-21(15,19)20)18-11-14(6-5-7-14)10-12(2)3/h12H,4-11H2,1-3H3,(H2,15,19,20)(H2,16,17,18). The van der Waals surface area contributed by atoms with E-state index in [9.17, 15) is 8.42 Å². The summed E-state index contributed by atoms with van der Waals surface area (Å²) < 4.78 is 21.9. The van der Waals surface area contributed by atoms with Crippen LogP contribution in [0, 0.1) is 11.3 Å². The number of aliphatic imine (C=N–C) groups is 1. The highest BCUT2D eigenvalue weighted by Gasteiger charge is 2.37. The molecule has 0 radical (unpaired) electrons. The maximum atomic E-state index is 10.9. The van der Waals surface area contributed by atoms with Gasteiger partial charge in [-0.1, -0.05) is 20.3 Å². The summed E-state index contributed by atoms with van der Waals surface area (Å²) in [7, 11) is -3.43. The molecule has 21 heavy (non-hydrogen) atoms. The van der Waals surface area contributed by atoms with Crippen LogP contribution in [0.1, 0.15) is 46.5 Å². The second kappa shape index (κ2) is 7.98. The second-order valence-electron chi connectivity index (χ2n) is 6.44. The van der Waals surface area contributed by atoms with Gasteiger partial charge in [0.25, 0.3) is 0 Å². The number of nitrogens with one attached hydrogen (secondary N) is 2. The number of nitrogens with zero attached hydrogens (tertiary/aromatic N) is 1. The number of hydrogen-bond acceptors (Lipinski definition) is 3. The van der Waals surface area contributed by atoms with Crippen LogP contribution in [0.25, 0.3) is 0 Å². The SMILES string of the molecule is CCNC(=NCC1(CC(C)C)CCC1)NCCS(N)(=O)=O. The van der Waals surface area contributed by atoms with E-state index in [0.717, 1.165) is 13.1 Å². The van der Waals surface area contributed by atoms with Crippen LogP contribution in [0.4, 0.5) is 0 Å². The molecule has 4 N–H and O–H groups in total. The van der Waals surface area contributed by atoms with Crippen LogP contribution >= 0.6 is 0 Å². The molecule has 1 fully saturated rings. The quantitative estimate of drug-likeness (QED) is 0.460. The Balaban J connectivity index is 2.54. The Kier molecular flexibility index (Phi) is 6.93. The number of rotatable bonds is 8. The van der Waals surface area contributed by atoms with Crippen molar-refractivity contribution in [3.63, 3.8) is 0 Å². The molecule has 1 aliphatic carbocycles. The number of guanidine groups is 1. The minimum atomic E-state index is -3.43. The van der Waals surface area contributed by atoms with E-state index in [1.165, 1.54) is 25.7 Å². The van der Waals surface area contributed by atoms with Gasteiger partial charge in [-0.2, -0.15) is 0 Å². The van der Waals surface area contributed by atoms with Gasteiger partial charge in [0, 0.05) is 19.6 Å². The molecule has 1 rings (SSSR count). The van der Waals surface area contributed by atoms with E-state index in [1.807, 2.05) is 6.92 Å². The molecule has 0 amide bonds. The highest BCUT2D eigenvalue weighted by atomic mass is 32.2. The van der Waals surface area contributed by atoms with Gasteiger partial charge in [0.15, 0.2) is 5.96 Å². The van der Waals surface area contributed by atoms with Crippen molar-refractivity contribution in [3.05, 3.63) is 0 Å². The Morgan fingerprint density at radius 1 is 1.33 bits per heavy atom. The van der Waals surface area contributed by atoms with E-state index in [2.05, 4.69) is 29.5 Å². The predicted octanol–water partition coefficient (Wildman–Crippen LogP) is 1.05. The van der Waals surface area contributed by atoms with Gasteiger partial charge in [0.05, 0.1) is 5.75 Å². The summed E-state index contributed by atoms with van der Waals surface area (Å²) in [6.07, 6.45) is 4.97. The van der Waals surface area contributed by atoms with E-state index in [0.29, 0.717) is 17.3 Å². The van der Waals surface area contributed by atoms with Gasteiger partial charge in [-0.15, -0.1) is 0 Å². The molecule has 0 unspecified atom stereocenters. The Labute approximate surface area is 129 Å². The van der Waals surface area contributed by atoms with Crippen molar-refractivity contribution in [2.75, 3.05) is 25.4 Å². The summed E-state index contributed by atoms with van der Waals surface area (Å²) >= 11 is 0. The summed E-state index contributed by atoms with van der Waals surface area (Å²) in [5, 5.41) is 11.2. The van der Waals surface area contributed by atoms with Crippen molar-refractivity contribution in [1.82, 2.24) is 10.6 Å². The molecule has 7 heteroatoms. The lowest BCUT2D eigenvalue weighted by atomic mass is 9.64. The summed E-state index contributed by atoms with van der Waals surface area (Å²) in [4.78, 5) is 4.64. The van der Waals surface area contributed by atoms with Crippen molar-refractivity contribution >= 4 is 16.0 Å². The lowest BCUT2D eigenvalue weighted by Gasteiger charge is -2.42. The van der Waals surface area contributed by atoms with Gasteiger partial charge in [-0.05, 0) is 37.5 Å². The molecule has 1 aliphatic rings. The summed E-state index contributed by atoms with van der Waals surface area (Å²) in [6, 6.07) is 0. The van der Waals surface area contributed by atoms with Crippen molar-refractivity contribution < 1.29 is 8.42 Å². The number of sulfonamides is 1. The second-order valence-corrected chi connectivity index (χ2v) is 8.17. The third kappa shape index (κ3) is 7.13. The van der Waals surface area contributed by atoms with Gasteiger partial charge < -0.3 is 10.6 Å². The normalized spacial score (nSPS) is 18.4. The van der Waals surface area contributed by atoms with Gasteiger partial charge in [0.1, 0.15) is 0 Å². The zero-order chi connectivity index (χ0) is 15.9. The molecule has 0 aromatic heterocycles. The first-order chi connectivity index (χ1) is 9.76. The molecule has 1 saturated carbocycles. The lowest BCUT2D eigenvalue weighted by Crippen LogP contribution is -2.42. The fraction of sp³-hybridized carbons (Fsp3) is 0.929. The molecule has 6 nitrogen and oxygen atoms in total. The number of hydrogen-bond donors (Lipinski definition) is 3. The van der Waals surface area contributed by atoms with Crippen LogP contribution in [0.3, 0.4) is 0 Å². The van der Waals surface area contributed by atoms with E-state index in [1.54, 1.807) is 0 Å². The third-order valence-corrected chi connectivity index (χ3v) is 4.62. The minimum absolute atomic E-state index is 0.0887. The molecule has 0 aromatic carbocycles. The molecule has 0 atom stereocenters. The van der Waals surface area contributed by atoms with Crippen LogP contribution in [0.5, 0.6) is 0 Å². The van der Waals surface area contributed by atoms with E-state index < -0.39 is 10.0 Å². The van der Waals surface area contributed by atoms with Crippen LogP contribution in [0.2, 0.25) is 0 Å². The number of nitrogens with two attached hydrogens (primary N) is 1. The first-order valence-electron chi connectivity index (χ1n) is 7.79. The van der Waals surface area contributed by atoms with Crippen LogP contribution in [0.15, 0.2) is 4.99 Å². The summed E-state index contributed by atoms with van der Waals surface area (Å²) in [5.41, 5.74) is 0.344. The minimum Gasteiger partial charge on any atom is -0.357 e. The Bertz CT molecular complexity index is 442. The molecule has 0 bridgehead atoms. The summed E-state index contributed by atoms with van der Waals surface area (Å²) in [5.74, 6) is 1.27. The zero-order valence-corrected chi connectivity index (χ0v) is 14.3. The van der Waals surface area contributed by atoms with Gasteiger partial charge >= 0.3 is 0 Å². The van der Waals surface area contributed by atoms with Gasteiger partial charge in [-0.3, -0.25) is 4.99 Å². The molecule has 0 heterocycles. The van der Waals surface area contributed by atoms with Crippen molar-refractivity contribution in [2.45, 2.75) is 46.5 Å². The third-order valence-electron chi connectivity index (χ3n) is 3.85. The van der Waals surface area contributed by atoms with E-state index in [-0.39, 0.29) is 12.3 Å². The smallest absolute Gasteiger partial charge is 0.210 e. The first kappa shape index (κ1) is 18.2. The molecule has 124 valence electrons. The largest absolute Gasteiger partial charge is 0.357 e. The molecular formula is C14H30N4O2S. The fourth-order valence-corrected chi connectivity index (χ4v) is 3.26. The van der Waals surface area contributed by atoms with Crippen molar-refractivity contribution in [3.8, 4) is 0 Å². The fourth-order valence-electron chi connectivity index (χ4n) is 2.87. The molecule has 0 aromatic rings. The predicted molar refractivity (Wildman–Crippen MR) is 87.7 cm³/mol. The van der Waals surface area contributed by atoms with Crippen LogP contribution < -0.4 is 15.8 Å². The van der Waals surface area contributed by atoms with Crippen molar-refractivity contribution in [2.24, 2.45) is 21.5 Å². The van der Waals surface area contributed by atoms with Crippen molar-refractivity contribution in [1.29, 1.82) is 0 Å². The van der Waals surface area contributed by atoms with Gasteiger partial charge in [0.2, 0.25) is 10.0 Å². The monoisotopic (exact) mass is 318 g/mol. The lowest BCUT2D eigenvalue weighted by molar-refractivity contribution is 0.111. The van der Waals surface area contributed by atoms with Gasteiger partial charge in [-0.25, -0.2) is 13.6 Å². The molecular weight excluding hydrogens is 288 g/mol. The maximum absolute atomic E-state index is 10.9. The molecule has 0 spiro atoms. The highest BCUT2D eigenvalue weighted by Crippen LogP contribution is 2.46. The number of primary sulfonamides is 1. The Morgan fingerprint density at radius 2 is 2.00 bits per heavy atom. The van der Waals surface area contributed by atoms with E-state index >= 15 is 0 Å². The first-order valence-corrected chi connectivity index (χ1v) is 9.50. The topological polar surface area (TPSA) is 96.6 Å². The van der Waals surface area contributed by atoms with Crippen LogP contribution in [-0.2, 0) is 10.0 Å². The average molecular weight is 318 g/mol. The Hall–Kier alpha value is -0.820. The Morgan fingerprint density at radius 3 is 2.43 bits per heavy atom. The summed E-state index contributed by atoms with van der Waals surface area (Å²) in [6.45, 7) is 8.32. The van der Waals surface area contributed by atoms with E-state index in [4.69, 9.17) is 5.14 Å². The highest BCUT2D eigenvalue weighted by molar-refractivity contribution is 7.89. The van der Waals surface area contributed by atoms with Crippen LogP contribution in [-0.4, -0.2) is 39.8 Å². The maximum Gasteiger partial charge on any atom is 0.210 e. The zero-order valence-electron chi connectivity index (χ0n) is 13.5. The molecule has 0 saturated heterocycles.